The van der Waals surface area contributed by atoms with Gasteiger partial charge in [0.2, 0.25) is 5.91 Å². The van der Waals surface area contributed by atoms with Gasteiger partial charge in [-0.15, -0.1) is 11.8 Å². The summed E-state index contributed by atoms with van der Waals surface area (Å²) in [4.78, 5) is 39.2. The molecular formula is C22H28N4O3S. The molecule has 1 saturated heterocycles. The van der Waals surface area contributed by atoms with Gasteiger partial charge in [-0.3, -0.25) is 24.7 Å². The lowest BCUT2D eigenvalue weighted by atomic mass is 10.0. The molecule has 2 aliphatic heterocycles. The Bertz CT molecular complexity index is 894. The fourth-order valence-corrected chi connectivity index (χ4v) is 4.85. The summed E-state index contributed by atoms with van der Waals surface area (Å²) in [7, 11) is 0. The van der Waals surface area contributed by atoms with Crippen LogP contribution in [0, 0.1) is 12.3 Å². The maximum absolute atomic E-state index is 12.7. The van der Waals surface area contributed by atoms with E-state index in [1.54, 1.807) is 11.8 Å². The molecule has 0 bridgehead atoms. The summed E-state index contributed by atoms with van der Waals surface area (Å²) < 4.78 is 0. The van der Waals surface area contributed by atoms with Crippen molar-refractivity contribution in [2.75, 3.05) is 5.75 Å². The summed E-state index contributed by atoms with van der Waals surface area (Å²) in [5.74, 6) is -0.118. The van der Waals surface area contributed by atoms with Crippen molar-refractivity contribution in [3.05, 3.63) is 46.7 Å². The number of thioether (sulfide) groups is 1. The minimum atomic E-state index is -0.619. The quantitative estimate of drug-likeness (QED) is 0.353. The van der Waals surface area contributed by atoms with Crippen LogP contribution in [-0.2, 0) is 20.8 Å². The third kappa shape index (κ3) is 4.75. The highest BCUT2D eigenvalue weighted by Crippen LogP contribution is 2.40. The van der Waals surface area contributed by atoms with Gasteiger partial charge in [-0.2, -0.15) is 0 Å². The molecule has 2 heterocycles. The van der Waals surface area contributed by atoms with Gasteiger partial charge >= 0.3 is 0 Å². The summed E-state index contributed by atoms with van der Waals surface area (Å²) in [6, 6.07) is 7.42. The number of rotatable bonds is 7. The number of aryl methyl sites for hydroxylation is 2. The van der Waals surface area contributed by atoms with Crippen molar-refractivity contribution in [3.63, 3.8) is 0 Å². The zero-order chi connectivity index (χ0) is 21.8. The number of carbonyl (C=O) groups excluding carboxylic acids is 3. The summed E-state index contributed by atoms with van der Waals surface area (Å²) in [5.41, 5.74) is 3.37. The van der Waals surface area contributed by atoms with Gasteiger partial charge in [0.25, 0.3) is 11.8 Å². The van der Waals surface area contributed by atoms with Gasteiger partial charge in [0.05, 0.1) is 0 Å². The van der Waals surface area contributed by atoms with Crippen molar-refractivity contribution in [3.8, 4) is 0 Å². The lowest BCUT2D eigenvalue weighted by Crippen LogP contribution is -2.71. The van der Waals surface area contributed by atoms with Gasteiger partial charge in [-0.1, -0.05) is 36.8 Å². The van der Waals surface area contributed by atoms with Crippen molar-refractivity contribution in [1.29, 1.82) is 5.41 Å². The summed E-state index contributed by atoms with van der Waals surface area (Å²) in [5, 5.41) is 13.0. The predicted octanol–water partition coefficient (Wildman–Crippen LogP) is 2.50. The summed E-state index contributed by atoms with van der Waals surface area (Å²) in [6.45, 7) is 5.77. The van der Waals surface area contributed by atoms with Crippen molar-refractivity contribution in [1.82, 2.24) is 15.5 Å². The highest BCUT2D eigenvalue weighted by Gasteiger charge is 2.53. The van der Waals surface area contributed by atoms with E-state index in [0.29, 0.717) is 30.7 Å². The molecule has 0 spiro atoms. The third-order valence-electron chi connectivity index (χ3n) is 5.22. The van der Waals surface area contributed by atoms with E-state index < -0.39 is 11.9 Å². The number of fused-ring (bicyclic) bond motifs is 1. The Morgan fingerprint density at radius 3 is 2.57 bits per heavy atom. The van der Waals surface area contributed by atoms with Crippen molar-refractivity contribution in [2.24, 2.45) is 0 Å². The molecule has 0 unspecified atom stereocenters. The lowest BCUT2D eigenvalue weighted by molar-refractivity contribution is -0.147. The van der Waals surface area contributed by atoms with E-state index in [0.717, 1.165) is 17.6 Å². The van der Waals surface area contributed by atoms with Gasteiger partial charge in [0.1, 0.15) is 22.9 Å². The van der Waals surface area contributed by atoms with E-state index in [2.05, 4.69) is 10.6 Å². The van der Waals surface area contributed by atoms with Gasteiger partial charge in [0, 0.05) is 18.6 Å². The van der Waals surface area contributed by atoms with Crippen LogP contribution in [0.25, 0.3) is 0 Å². The number of nitrogens with zero attached hydrogens (tertiary/aromatic N) is 1. The second kappa shape index (κ2) is 9.47. The monoisotopic (exact) mass is 428 g/mol. The molecular weight excluding hydrogens is 400 g/mol. The van der Waals surface area contributed by atoms with Crippen LogP contribution < -0.4 is 10.6 Å². The first-order valence-electron chi connectivity index (χ1n) is 10.2. The van der Waals surface area contributed by atoms with Crippen LogP contribution in [-0.4, -0.2) is 45.6 Å². The SMILES string of the molecule is CCCC(=N)NC(=O)C1=C(C)CS[C@@H]2[C@H](NC(=O)CCc3ccc(C)cc3)C(=O)N12. The Morgan fingerprint density at radius 1 is 1.20 bits per heavy atom. The molecule has 3 rings (SSSR count). The number of hydrogen-bond donors (Lipinski definition) is 3. The number of amides is 3. The first-order chi connectivity index (χ1) is 14.3. The van der Waals surface area contributed by atoms with Crippen molar-refractivity contribution >= 4 is 35.3 Å². The normalized spacial score (nSPS) is 20.4. The third-order valence-corrected chi connectivity index (χ3v) is 6.64. The van der Waals surface area contributed by atoms with Gasteiger partial charge in [0.15, 0.2) is 0 Å². The Hall–Kier alpha value is -2.61. The minimum Gasteiger partial charge on any atom is -0.342 e. The van der Waals surface area contributed by atoms with Crippen LogP contribution in [0.5, 0.6) is 0 Å². The zero-order valence-electron chi connectivity index (χ0n) is 17.6. The van der Waals surface area contributed by atoms with Crippen LogP contribution in [0.3, 0.4) is 0 Å². The number of β-lactam (4-membered cyclic amide) rings is 1. The zero-order valence-corrected chi connectivity index (χ0v) is 18.4. The summed E-state index contributed by atoms with van der Waals surface area (Å²) >= 11 is 1.54. The molecule has 3 amide bonds. The summed E-state index contributed by atoms with van der Waals surface area (Å²) in [6.07, 6.45) is 2.15. The van der Waals surface area contributed by atoms with Gasteiger partial charge < -0.3 is 10.6 Å². The molecule has 1 aromatic rings. The Kier molecular flexibility index (Phi) is 6.97. The van der Waals surface area contributed by atoms with E-state index in [-0.39, 0.29) is 23.0 Å². The number of benzene rings is 1. The Balaban J connectivity index is 1.58. The Labute approximate surface area is 181 Å². The van der Waals surface area contributed by atoms with E-state index >= 15 is 0 Å². The minimum absolute atomic E-state index is 0.145. The molecule has 0 radical (unpaired) electrons. The van der Waals surface area contributed by atoms with Crippen LogP contribution in [0.4, 0.5) is 0 Å². The number of nitrogens with one attached hydrogen (secondary N) is 3. The van der Waals surface area contributed by atoms with Gasteiger partial charge in [-0.05, 0) is 37.8 Å². The molecule has 30 heavy (non-hydrogen) atoms. The van der Waals surface area contributed by atoms with Gasteiger partial charge in [-0.25, -0.2) is 0 Å². The van der Waals surface area contributed by atoms with Crippen LogP contribution in [0.2, 0.25) is 0 Å². The van der Waals surface area contributed by atoms with Crippen molar-refractivity contribution < 1.29 is 14.4 Å². The topological polar surface area (TPSA) is 102 Å². The standard InChI is InChI=1S/C22H28N4O3S/c1-4-5-16(23)24-20(28)19-14(3)12-30-22-18(21(29)26(19)22)25-17(27)11-10-15-8-6-13(2)7-9-15/h6-9,18,22H,4-5,10-12H2,1-3H3,(H,25,27)(H2,23,24,28)/t18-,22-/m1/s1. The predicted molar refractivity (Wildman–Crippen MR) is 118 cm³/mol. The largest absolute Gasteiger partial charge is 0.342 e. The average Bonchev–Trinajstić information content (AvgIpc) is 2.71. The van der Waals surface area contributed by atoms with Crippen LogP contribution in [0.1, 0.15) is 44.2 Å². The second-order valence-corrected chi connectivity index (χ2v) is 8.86. The highest BCUT2D eigenvalue weighted by molar-refractivity contribution is 8.00. The van der Waals surface area contributed by atoms with E-state index in [9.17, 15) is 14.4 Å². The van der Waals surface area contributed by atoms with Crippen LogP contribution >= 0.6 is 11.8 Å². The molecule has 0 saturated carbocycles. The number of amidine groups is 1. The highest BCUT2D eigenvalue weighted by atomic mass is 32.2. The Morgan fingerprint density at radius 2 is 1.90 bits per heavy atom. The second-order valence-electron chi connectivity index (χ2n) is 7.75. The van der Waals surface area contributed by atoms with E-state index in [1.807, 2.05) is 45.0 Å². The molecule has 8 heteroatoms. The van der Waals surface area contributed by atoms with Crippen LogP contribution in [0.15, 0.2) is 35.5 Å². The molecule has 1 fully saturated rings. The molecule has 2 aliphatic rings. The fraction of sp³-hybridized carbons (Fsp3) is 0.455. The number of hydrogen-bond acceptors (Lipinski definition) is 5. The first kappa shape index (κ1) is 22.1. The fourth-order valence-electron chi connectivity index (χ4n) is 3.56. The lowest BCUT2D eigenvalue weighted by Gasteiger charge is -2.49. The average molecular weight is 429 g/mol. The molecule has 0 aliphatic carbocycles. The van der Waals surface area contributed by atoms with Crippen molar-refractivity contribution in [2.45, 2.75) is 57.9 Å². The van der Waals surface area contributed by atoms with E-state index in [1.165, 1.54) is 10.5 Å². The maximum atomic E-state index is 12.7. The molecule has 2 atom stereocenters. The molecule has 7 nitrogen and oxygen atoms in total. The molecule has 3 N–H and O–H groups in total. The maximum Gasteiger partial charge on any atom is 0.273 e. The molecule has 1 aromatic carbocycles. The molecule has 160 valence electrons. The smallest absolute Gasteiger partial charge is 0.273 e. The van der Waals surface area contributed by atoms with E-state index in [4.69, 9.17) is 5.41 Å². The molecule has 0 aromatic heterocycles. The first-order valence-corrected chi connectivity index (χ1v) is 11.2. The number of carbonyl (C=O) groups is 3.